The lowest BCUT2D eigenvalue weighted by Gasteiger charge is -2.32. The zero-order valence-electron chi connectivity index (χ0n) is 11.6. The largest absolute Gasteiger partial charge is 0.411 e. The van der Waals surface area contributed by atoms with Crippen LogP contribution in [0.4, 0.5) is 0 Å². The van der Waals surface area contributed by atoms with Crippen LogP contribution in [0.15, 0.2) is 23.4 Å². The van der Waals surface area contributed by atoms with Crippen LogP contribution < -0.4 is 0 Å². The molecule has 1 N–H and O–H groups in total. The van der Waals surface area contributed by atoms with E-state index in [-0.39, 0.29) is 0 Å². The zero-order chi connectivity index (χ0) is 13.2. The molecule has 3 nitrogen and oxygen atoms in total. The van der Waals surface area contributed by atoms with Gasteiger partial charge >= 0.3 is 0 Å². The van der Waals surface area contributed by atoms with E-state index < -0.39 is 0 Å². The second-order valence-electron chi connectivity index (χ2n) is 5.83. The van der Waals surface area contributed by atoms with Gasteiger partial charge in [0.25, 0.3) is 0 Å². The molecule has 2 aliphatic rings. The topological polar surface area (TPSA) is 35.8 Å². The lowest BCUT2D eigenvalue weighted by atomic mass is 10.0. The minimum Gasteiger partial charge on any atom is -0.411 e. The lowest BCUT2D eigenvalue weighted by Crippen LogP contribution is -2.39. The molecule has 1 saturated heterocycles. The Labute approximate surface area is 114 Å². The van der Waals surface area contributed by atoms with Crippen molar-refractivity contribution in [3.05, 3.63) is 34.9 Å². The molecule has 0 spiro atoms. The van der Waals surface area contributed by atoms with Crippen LogP contribution in [-0.4, -0.2) is 35.0 Å². The molecule has 0 bridgehead atoms. The molecule has 0 radical (unpaired) electrons. The van der Waals surface area contributed by atoms with E-state index in [0.717, 1.165) is 12.0 Å². The normalized spacial score (nSPS) is 24.5. The lowest BCUT2D eigenvalue weighted by molar-refractivity contribution is 0.168. The Morgan fingerprint density at radius 1 is 1.16 bits per heavy atom. The number of likely N-dealkylation sites (tertiary alicyclic amines) is 1. The summed E-state index contributed by atoms with van der Waals surface area (Å²) in [5, 5.41) is 12.2. The predicted octanol–water partition coefficient (Wildman–Crippen LogP) is 2.84. The van der Waals surface area contributed by atoms with Gasteiger partial charge in [-0.15, -0.1) is 0 Å². The van der Waals surface area contributed by atoms with Crippen LogP contribution in [-0.2, 0) is 12.8 Å². The molecule has 1 aliphatic heterocycles. The Kier molecular flexibility index (Phi) is 3.56. The quantitative estimate of drug-likeness (QED) is 0.503. The molecule has 1 atom stereocenters. The molecular weight excluding hydrogens is 236 g/mol. The van der Waals surface area contributed by atoms with Crippen molar-refractivity contribution in [1.82, 2.24) is 4.90 Å². The van der Waals surface area contributed by atoms with Gasteiger partial charge in [0.1, 0.15) is 0 Å². The molecule has 19 heavy (non-hydrogen) atoms. The van der Waals surface area contributed by atoms with Crippen molar-refractivity contribution in [2.75, 3.05) is 13.1 Å². The predicted molar refractivity (Wildman–Crippen MR) is 77.1 cm³/mol. The van der Waals surface area contributed by atoms with Gasteiger partial charge in [-0.05, 0) is 68.5 Å². The highest BCUT2D eigenvalue weighted by Gasteiger charge is 2.27. The van der Waals surface area contributed by atoms with Crippen molar-refractivity contribution in [3.63, 3.8) is 0 Å². The van der Waals surface area contributed by atoms with Gasteiger partial charge in [0, 0.05) is 6.04 Å². The fraction of sp³-hybridized carbons (Fsp3) is 0.562. The average Bonchev–Trinajstić information content (AvgIpc) is 2.90. The first-order valence-electron chi connectivity index (χ1n) is 7.33. The summed E-state index contributed by atoms with van der Waals surface area (Å²) in [7, 11) is 0. The number of hydrogen-bond donors (Lipinski definition) is 1. The number of oxime groups is 1. The zero-order valence-corrected chi connectivity index (χ0v) is 11.6. The summed E-state index contributed by atoms with van der Waals surface area (Å²) in [4.78, 5) is 2.66. The minimum absolute atomic E-state index is 0.692. The van der Waals surface area contributed by atoms with Crippen molar-refractivity contribution in [2.24, 2.45) is 5.16 Å². The number of benzene rings is 1. The number of nitrogens with zero attached hydrogens (tertiary/aromatic N) is 2. The highest BCUT2D eigenvalue weighted by Crippen LogP contribution is 2.28. The SMILES string of the molecule is C/C(=N/O)c1ccc2c(c1)C[C@H](N1CCCCC1)C2. The molecule has 1 fully saturated rings. The van der Waals surface area contributed by atoms with Gasteiger partial charge in [-0.25, -0.2) is 0 Å². The summed E-state index contributed by atoms with van der Waals surface area (Å²) in [5.74, 6) is 0. The van der Waals surface area contributed by atoms with Crippen molar-refractivity contribution >= 4 is 5.71 Å². The summed E-state index contributed by atoms with van der Waals surface area (Å²) in [6.07, 6.45) is 6.45. The Bertz CT molecular complexity index is 490. The van der Waals surface area contributed by atoms with Crippen LogP contribution >= 0.6 is 0 Å². The molecule has 1 aromatic rings. The summed E-state index contributed by atoms with van der Waals surface area (Å²) in [6, 6.07) is 7.18. The number of piperidine rings is 1. The van der Waals surface area contributed by atoms with E-state index in [4.69, 9.17) is 5.21 Å². The Morgan fingerprint density at radius 3 is 2.63 bits per heavy atom. The van der Waals surface area contributed by atoms with E-state index in [0.29, 0.717) is 11.8 Å². The molecule has 102 valence electrons. The molecule has 1 aromatic carbocycles. The van der Waals surface area contributed by atoms with Gasteiger partial charge in [-0.3, -0.25) is 4.90 Å². The molecule has 3 rings (SSSR count). The van der Waals surface area contributed by atoms with Crippen LogP contribution in [0.1, 0.15) is 42.9 Å². The van der Waals surface area contributed by atoms with Crippen LogP contribution in [0.25, 0.3) is 0 Å². The molecule has 1 heterocycles. The van der Waals surface area contributed by atoms with Gasteiger partial charge < -0.3 is 5.21 Å². The third kappa shape index (κ3) is 2.52. The number of rotatable bonds is 2. The van der Waals surface area contributed by atoms with E-state index >= 15 is 0 Å². The summed E-state index contributed by atoms with van der Waals surface area (Å²) < 4.78 is 0. The van der Waals surface area contributed by atoms with E-state index in [9.17, 15) is 0 Å². The van der Waals surface area contributed by atoms with Gasteiger partial charge in [-0.2, -0.15) is 0 Å². The summed E-state index contributed by atoms with van der Waals surface area (Å²) in [6.45, 7) is 4.38. The van der Waals surface area contributed by atoms with Crippen LogP contribution in [0.3, 0.4) is 0 Å². The van der Waals surface area contributed by atoms with Crippen molar-refractivity contribution in [3.8, 4) is 0 Å². The highest BCUT2D eigenvalue weighted by atomic mass is 16.4. The standard InChI is InChI=1S/C16H22N2O/c1-12(17-19)13-5-6-14-10-16(11-15(14)9-13)18-7-3-2-4-8-18/h5-6,9,16,19H,2-4,7-8,10-11H2,1H3/b17-12-/t16-/m1/s1. The van der Waals surface area contributed by atoms with E-state index in [1.54, 1.807) is 0 Å². The molecule has 0 saturated carbocycles. The Hall–Kier alpha value is -1.35. The molecular formula is C16H22N2O. The fourth-order valence-electron chi connectivity index (χ4n) is 3.42. The van der Waals surface area contributed by atoms with Crippen molar-refractivity contribution < 1.29 is 5.21 Å². The highest BCUT2D eigenvalue weighted by molar-refractivity contribution is 5.98. The maximum atomic E-state index is 8.87. The third-order valence-corrected chi connectivity index (χ3v) is 4.59. The van der Waals surface area contributed by atoms with Crippen molar-refractivity contribution in [2.45, 2.75) is 45.1 Å². The van der Waals surface area contributed by atoms with Gasteiger partial charge in [0.05, 0.1) is 5.71 Å². The first-order valence-corrected chi connectivity index (χ1v) is 7.33. The Morgan fingerprint density at radius 2 is 1.89 bits per heavy atom. The van der Waals surface area contributed by atoms with Crippen molar-refractivity contribution in [1.29, 1.82) is 0 Å². The van der Waals surface area contributed by atoms with E-state index in [1.165, 1.54) is 49.9 Å². The fourth-order valence-corrected chi connectivity index (χ4v) is 3.42. The Balaban J connectivity index is 1.76. The first-order chi connectivity index (χ1) is 9.28. The van der Waals surface area contributed by atoms with Crippen LogP contribution in [0.5, 0.6) is 0 Å². The molecule has 0 aromatic heterocycles. The molecule has 0 amide bonds. The minimum atomic E-state index is 0.692. The van der Waals surface area contributed by atoms with Crippen LogP contribution in [0, 0.1) is 0 Å². The van der Waals surface area contributed by atoms with Crippen LogP contribution in [0.2, 0.25) is 0 Å². The second kappa shape index (κ2) is 5.33. The number of hydrogen-bond acceptors (Lipinski definition) is 3. The second-order valence-corrected chi connectivity index (χ2v) is 5.83. The van der Waals surface area contributed by atoms with Gasteiger partial charge in [0.15, 0.2) is 0 Å². The van der Waals surface area contributed by atoms with E-state index in [2.05, 4.69) is 28.3 Å². The maximum Gasteiger partial charge on any atom is 0.0837 e. The third-order valence-electron chi connectivity index (χ3n) is 4.59. The number of fused-ring (bicyclic) bond motifs is 1. The smallest absolute Gasteiger partial charge is 0.0837 e. The monoisotopic (exact) mass is 258 g/mol. The van der Waals surface area contributed by atoms with Gasteiger partial charge in [-0.1, -0.05) is 23.7 Å². The molecule has 0 unspecified atom stereocenters. The summed E-state index contributed by atoms with van der Waals surface area (Å²) in [5.41, 5.74) is 4.66. The molecule has 1 aliphatic carbocycles. The van der Waals surface area contributed by atoms with Gasteiger partial charge in [0.2, 0.25) is 0 Å². The molecule has 3 heteroatoms. The van der Waals surface area contributed by atoms with E-state index in [1.807, 2.05) is 6.92 Å². The first kappa shape index (κ1) is 12.7. The average molecular weight is 258 g/mol. The maximum absolute atomic E-state index is 8.87. The summed E-state index contributed by atoms with van der Waals surface area (Å²) >= 11 is 0.